The summed E-state index contributed by atoms with van der Waals surface area (Å²) in [6, 6.07) is 6.70. The fourth-order valence-electron chi connectivity index (χ4n) is 4.78. The van der Waals surface area contributed by atoms with Gasteiger partial charge in [0, 0.05) is 35.6 Å². The van der Waals surface area contributed by atoms with Crippen LogP contribution in [0.5, 0.6) is 11.5 Å². The molecule has 2 aliphatic carbocycles. The van der Waals surface area contributed by atoms with E-state index in [0.29, 0.717) is 43.6 Å². The lowest BCUT2D eigenvalue weighted by molar-refractivity contribution is -0.123. The van der Waals surface area contributed by atoms with Crippen LogP contribution in [-0.2, 0) is 4.79 Å². The summed E-state index contributed by atoms with van der Waals surface area (Å²) in [6.07, 6.45) is 7.28. The summed E-state index contributed by atoms with van der Waals surface area (Å²) in [5, 5.41) is 3.33. The molecule has 0 aromatic heterocycles. The van der Waals surface area contributed by atoms with Gasteiger partial charge in [-0.3, -0.25) is 4.79 Å². The Labute approximate surface area is 177 Å². The lowest BCUT2D eigenvalue weighted by atomic mass is 9.67. The van der Waals surface area contributed by atoms with Crippen LogP contribution in [0, 0.1) is 11.8 Å². The van der Waals surface area contributed by atoms with Crippen molar-refractivity contribution in [2.45, 2.75) is 61.9 Å². The van der Waals surface area contributed by atoms with Crippen LogP contribution < -0.4 is 20.5 Å². The molecule has 1 aromatic carbocycles. The van der Waals surface area contributed by atoms with Gasteiger partial charge in [-0.15, -0.1) is 24.2 Å². The maximum Gasteiger partial charge on any atom is 0.221 e. The second kappa shape index (κ2) is 10.1. The molecule has 2 unspecified atom stereocenters. The van der Waals surface area contributed by atoms with E-state index in [1.807, 2.05) is 18.2 Å². The highest BCUT2D eigenvalue weighted by molar-refractivity contribution is 7.99. The summed E-state index contributed by atoms with van der Waals surface area (Å²) in [5.41, 5.74) is 6.19. The summed E-state index contributed by atoms with van der Waals surface area (Å²) in [7, 11) is 0. The van der Waals surface area contributed by atoms with Crippen molar-refractivity contribution in [3.05, 3.63) is 18.2 Å². The molecule has 1 aromatic rings. The Bertz CT molecular complexity index is 661. The van der Waals surface area contributed by atoms with Crippen LogP contribution in [0.4, 0.5) is 0 Å². The molecular formula is C21H31ClN2O3S. The van der Waals surface area contributed by atoms with Gasteiger partial charge >= 0.3 is 0 Å². The van der Waals surface area contributed by atoms with Crippen molar-refractivity contribution in [2.24, 2.45) is 17.6 Å². The van der Waals surface area contributed by atoms with Crippen LogP contribution in [0.2, 0.25) is 0 Å². The van der Waals surface area contributed by atoms with Crippen LogP contribution in [0.25, 0.3) is 0 Å². The molecule has 3 aliphatic rings. The first-order chi connectivity index (χ1) is 13.2. The predicted molar refractivity (Wildman–Crippen MR) is 115 cm³/mol. The van der Waals surface area contributed by atoms with Gasteiger partial charge < -0.3 is 20.5 Å². The fraction of sp³-hybridized carbons (Fsp3) is 0.667. The molecule has 28 heavy (non-hydrogen) atoms. The van der Waals surface area contributed by atoms with Gasteiger partial charge in [-0.1, -0.05) is 6.42 Å². The van der Waals surface area contributed by atoms with E-state index in [0.717, 1.165) is 41.4 Å². The number of nitrogens with one attached hydrogen (secondary N) is 1. The molecule has 4 rings (SSSR count). The zero-order valence-corrected chi connectivity index (χ0v) is 17.9. The Kier molecular flexibility index (Phi) is 7.77. The van der Waals surface area contributed by atoms with E-state index >= 15 is 0 Å². The number of hydrogen-bond acceptors (Lipinski definition) is 5. The third-order valence-electron chi connectivity index (χ3n) is 6.02. The second-order valence-corrected chi connectivity index (χ2v) is 9.20. The quantitative estimate of drug-likeness (QED) is 0.701. The number of nitrogens with two attached hydrogens (primary N) is 1. The first-order valence-electron chi connectivity index (χ1n) is 10.3. The zero-order valence-electron chi connectivity index (χ0n) is 16.2. The van der Waals surface area contributed by atoms with Gasteiger partial charge in [0.2, 0.25) is 5.91 Å². The lowest BCUT2D eigenvalue weighted by Crippen LogP contribution is -2.53. The van der Waals surface area contributed by atoms with Gasteiger partial charge in [-0.2, -0.15) is 0 Å². The fourth-order valence-corrected chi connectivity index (χ4v) is 5.66. The molecule has 5 nitrogen and oxygen atoms in total. The number of hydrogen-bond donors (Lipinski definition) is 2. The topological polar surface area (TPSA) is 73.6 Å². The Morgan fingerprint density at radius 2 is 1.82 bits per heavy atom. The van der Waals surface area contributed by atoms with Crippen LogP contribution in [-0.4, -0.2) is 37.0 Å². The first kappa shape index (κ1) is 21.6. The number of benzene rings is 1. The van der Waals surface area contributed by atoms with E-state index in [4.69, 9.17) is 15.2 Å². The molecule has 0 spiro atoms. The molecule has 156 valence electrons. The Hall–Kier alpha value is -1.11. The molecule has 1 aliphatic heterocycles. The van der Waals surface area contributed by atoms with Crippen molar-refractivity contribution in [2.75, 3.05) is 19.0 Å². The molecule has 7 heteroatoms. The van der Waals surface area contributed by atoms with Crippen molar-refractivity contribution in [1.29, 1.82) is 0 Å². The third-order valence-corrected chi connectivity index (χ3v) is 7.02. The van der Waals surface area contributed by atoms with Crippen LogP contribution in [0.15, 0.2) is 23.1 Å². The van der Waals surface area contributed by atoms with Gasteiger partial charge in [0.05, 0.1) is 13.2 Å². The highest BCUT2D eigenvalue weighted by Crippen LogP contribution is 2.40. The molecule has 2 saturated carbocycles. The average molecular weight is 427 g/mol. The number of thioether (sulfide) groups is 1. The molecule has 1 amide bonds. The SMILES string of the molecule is Cl.NC1CC2CCCC(C1)C2NC(=O)CCSc1ccc2c(c1)OCCCO2. The summed E-state index contributed by atoms with van der Waals surface area (Å²) in [6.45, 7) is 1.39. The van der Waals surface area contributed by atoms with Crippen molar-refractivity contribution >= 4 is 30.1 Å². The number of fused-ring (bicyclic) bond motifs is 3. The maximum atomic E-state index is 12.5. The molecular weight excluding hydrogens is 396 g/mol. The maximum absolute atomic E-state index is 12.5. The Morgan fingerprint density at radius 1 is 1.11 bits per heavy atom. The molecule has 0 saturated heterocycles. The summed E-state index contributed by atoms with van der Waals surface area (Å²) in [4.78, 5) is 13.6. The minimum Gasteiger partial charge on any atom is -0.490 e. The number of amides is 1. The van der Waals surface area contributed by atoms with Crippen LogP contribution >= 0.6 is 24.2 Å². The van der Waals surface area contributed by atoms with Gasteiger partial charge in [0.25, 0.3) is 0 Å². The Morgan fingerprint density at radius 3 is 2.57 bits per heavy atom. The van der Waals surface area contributed by atoms with E-state index in [1.165, 1.54) is 19.3 Å². The van der Waals surface area contributed by atoms with Crippen molar-refractivity contribution in [3.63, 3.8) is 0 Å². The van der Waals surface area contributed by atoms with Gasteiger partial charge in [-0.25, -0.2) is 0 Å². The third kappa shape index (κ3) is 5.28. The zero-order chi connectivity index (χ0) is 18.6. The normalized spacial score (nSPS) is 28.6. The van der Waals surface area contributed by atoms with E-state index in [-0.39, 0.29) is 18.3 Å². The molecule has 2 fully saturated rings. The van der Waals surface area contributed by atoms with Crippen molar-refractivity contribution in [3.8, 4) is 11.5 Å². The number of ether oxygens (including phenoxy) is 2. The monoisotopic (exact) mass is 426 g/mol. The van der Waals surface area contributed by atoms with Crippen molar-refractivity contribution in [1.82, 2.24) is 5.32 Å². The minimum atomic E-state index is 0. The average Bonchev–Trinajstić information content (AvgIpc) is 2.87. The van der Waals surface area contributed by atoms with Crippen LogP contribution in [0.3, 0.4) is 0 Å². The van der Waals surface area contributed by atoms with Crippen molar-refractivity contribution < 1.29 is 14.3 Å². The highest BCUT2D eigenvalue weighted by Gasteiger charge is 2.39. The first-order valence-corrected chi connectivity index (χ1v) is 11.2. The molecule has 2 bridgehead atoms. The largest absolute Gasteiger partial charge is 0.490 e. The van der Waals surface area contributed by atoms with Gasteiger partial charge in [0.15, 0.2) is 11.5 Å². The van der Waals surface area contributed by atoms with E-state index in [1.54, 1.807) is 11.8 Å². The second-order valence-electron chi connectivity index (χ2n) is 8.03. The molecule has 0 radical (unpaired) electrons. The highest BCUT2D eigenvalue weighted by atomic mass is 35.5. The number of carbonyl (C=O) groups is 1. The summed E-state index contributed by atoms with van der Waals surface area (Å²) < 4.78 is 11.4. The summed E-state index contributed by atoms with van der Waals surface area (Å²) in [5.74, 6) is 3.73. The lowest BCUT2D eigenvalue weighted by Gasteiger charge is -2.45. The van der Waals surface area contributed by atoms with Gasteiger partial charge in [-0.05, 0) is 55.7 Å². The van der Waals surface area contributed by atoms with E-state index in [9.17, 15) is 4.79 Å². The predicted octanol–water partition coefficient (Wildman–Crippen LogP) is 3.77. The number of carbonyl (C=O) groups excluding carboxylic acids is 1. The van der Waals surface area contributed by atoms with E-state index < -0.39 is 0 Å². The number of halogens is 1. The molecule has 3 N–H and O–H groups in total. The minimum absolute atomic E-state index is 0. The Balaban J connectivity index is 0.00000225. The molecule has 2 atom stereocenters. The van der Waals surface area contributed by atoms with Gasteiger partial charge in [0.1, 0.15) is 0 Å². The number of rotatable bonds is 5. The smallest absolute Gasteiger partial charge is 0.221 e. The molecule has 1 heterocycles. The van der Waals surface area contributed by atoms with Crippen LogP contribution in [0.1, 0.15) is 44.9 Å². The van der Waals surface area contributed by atoms with E-state index in [2.05, 4.69) is 5.32 Å². The summed E-state index contributed by atoms with van der Waals surface area (Å²) >= 11 is 1.70. The standard InChI is InChI=1S/C21H30N2O3S.ClH/c22-16-11-14-3-1-4-15(12-16)21(14)23-20(24)7-10-27-17-5-6-18-19(13-17)26-9-2-8-25-18;/h5-6,13-16,21H,1-4,7-12,22H2,(H,23,24);1H.